The lowest BCUT2D eigenvalue weighted by atomic mass is 10.1. The van der Waals surface area contributed by atoms with Gasteiger partial charge in [-0.15, -0.1) is 0 Å². The van der Waals surface area contributed by atoms with E-state index in [9.17, 15) is 0 Å². The zero-order chi connectivity index (χ0) is 12.8. The van der Waals surface area contributed by atoms with Crippen molar-refractivity contribution in [1.29, 1.82) is 0 Å². The smallest absolute Gasteiger partial charge is 0.0544 e. The predicted molar refractivity (Wildman–Crippen MR) is 75.3 cm³/mol. The van der Waals surface area contributed by atoms with Crippen LogP contribution in [0.15, 0.2) is 30.0 Å². The van der Waals surface area contributed by atoms with Gasteiger partial charge in [-0.25, -0.2) is 0 Å². The van der Waals surface area contributed by atoms with Crippen molar-refractivity contribution in [2.24, 2.45) is 0 Å². The number of hydrogen-bond acceptors (Lipinski definition) is 3. The quantitative estimate of drug-likeness (QED) is 0.807. The van der Waals surface area contributed by atoms with Crippen LogP contribution in [0.2, 0.25) is 0 Å². The highest BCUT2D eigenvalue weighted by Gasteiger charge is 2.10. The van der Waals surface area contributed by atoms with Crippen molar-refractivity contribution in [3.63, 3.8) is 0 Å². The molecule has 2 rings (SSSR count). The lowest BCUT2D eigenvalue weighted by Crippen LogP contribution is -2.29. The molecular formula is C15H23N3. The van der Waals surface area contributed by atoms with Gasteiger partial charge < -0.3 is 5.32 Å². The summed E-state index contributed by atoms with van der Waals surface area (Å²) < 4.78 is 0. The standard InChI is InChI=1S/C15H23N3/c1-3-16-9-14-6-7-15(17-10-14)12-18-8-4-5-13(2)11-18/h5-7,10,16H,3-4,8-9,11-12H2,1-2H3. The molecule has 0 saturated heterocycles. The molecule has 0 bridgehead atoms. The summed E-state index contributed by atoms with van der Waals surface area (Å²) in [5.74, 6) is 0. The zero-order valence-electron chi connectivity index (χ0n) is 11.4. The number of nitrogens with zero attached hydrogens (tertiary/aromatic N) is 2. The van der Waals surface area contributed by atoms with Crippen molar-refractivity contribution in [2.75, 3.05) is 19.6 Å². The molecule has 1 aromatic rings. The SMILES string of the molecule is CCNCc1ccc(CN2CCC=C(C)C2)nc1. The van der Waals surface area contributed by atoms with Crippen LogP contribution in [0.1, 0.15) is 31.5 Å². The molecule has 0 amide bonds. The van der Waals surface area contributed by atoms with E-state index in [1.165, 1.54) is 23.3 Å². The topological polar surface area (TPSA) is 28.2 Å². The van der Waals surface area contributed by atoms with E-state index < -0.39 is 0 Å². The summed E-state index contributed by atoms with van der Waals surface area (Å²) in [6, 6.07) is 4.33. The number of hydrogen-bond donors (Lipinski definition) is 1. The van der Waals surface area contributed by atoms with Crippen LogP contribution in [0.5, 0.6) is 0 Å². The first kappa shape index (κ1) is 13.2. The minimum Gasteiger partial charge on any atom is -0.313 e. The average molecular weight is 245 g/mol. The van der Waals surface area contributed by atoms with Crippen LogP contribution < -0.4 is 5.32 Å². The molecule has 18 heavy (non-hydrogen) atoms. The number of aromatic nitrogens is 1. The minimum absolute atomic E-state index is 0.912. The summed E-state index contributed by atoms with van der Waals surface area (Å²) in [6.07, 6.45) is 5.50. The molecule has 0 atom stereocenters. The molecule has 1 aromatic heterocycles. The van der Waals surface area contributed by atoms with Gasteiger partial charge in [-0.2, -0.15) is 0 Å². The highest BCUT2D eigenvalue weighted by molar-refractivity contribution is 5.14. The van der Waals surface area contributed by atoms with Crippen LogP contribution in [-0.2, 0) is 13.1 Å². The third kappa shape index (κ3) is 3.93. The van der Waals surface area contributed by atoms with Gasteiger partial charge in [0.2, 0.25) is 0 Å². The zero-order valence-corrected chi connectivity index (χ0v) is 11.4. The van der Waals surface area contributed by atoms with Crippen molar-refractivity contribution >= 4 is 0 Å². The highest BCUT2D eigenvalue weighted by Crippen LogP contribution is 2.12. The van der Waals surface area contributed by atoms with Crippen molar-refractivity contribution in [1.82, 2.24) is 15.2 Å². The van der Waals surface area contributed by atoms with Gasteiger partial charge in [-0.1, -0.05) is 24.6 Å². The van der Waals surface area contributed by atoms with E-state index in [0.29, 0.717) is 0 Å². The van der Waals surface area contributed by atoms with E-state index in [1.807, 2.05) is 6.20 Å². The molecule has 0 unspecified atom stereocenters. The Morgan fingerprint density at radius 2 is 2.28 bits per heavy atom. The summed E-state index contributed by atoms with van der Waals surface area (Å²) >= 11 is 0. The van der Waals surface area contributed by atoms with Gasteiger partial charge >= 0.3 is 0 Å². The molecule has 2 heterocycles. The van der Waals surface area contributed by atoms with Crippen LogP contribution in [0.25, 0.3) is 0 Å². The van der Waals surface area contributed by atoms with Gasteiger partial charge in [0.05, 0.1) is 5.69 Å². The van der Waals surface area contributed by atoms with Gasteiger partial charge in [-0.3, -0.25) is 9.88 Å². The Morgan fingerprint density at radius 3 is 2.94 bits per heavy atom. The van der Waals surface area contributed by atoms with Crippen LogP contribution in [-0.4, -0.2) is 29.5 Å². The first-order valence-electron chi connectivity index (χ1n) is 6.80. The van der Waals surface area contributed by atoms with Crippen LogP contribution in [0.3, 0.4) is 0 Å². The van der Waals surface area contributed by atoms with E-state index in [-0.39, 0.29) is 0 Å². The predicted octanol–water partition coefficient (Wildman–Crippen LogP) is 2.34. The van der Waals surface area contributed by atoms with Crippen molar-refractivity contribution < 1.29 is 0 Å². The lowest BCUT2D eigenvalue weighted by molar-refractivity contribution is 0.279. The third-order valence-corrected chi connectivity index (χ3v) is 3.26. The molecule has 0 aromatic carbocycles. The van der Waals surface area contributed by atoms with Crippen molar-refractivity contribution in [2.45, 2.75) is 33.4 Å². The summed E-state index contributed by atoms with van der Waals surface area (Å²) in [5, 5.41) is 3.31. The van der Waals surface area contributed by atoms with E-state index in [4.69, 9.17) is 0 Å². The van der Waals surface area contributed by atoms with Crippen molar-refractivity contribution in [3.8, 4) is 0 Å². The Balaban J connectivity index is 1.88. The fourth-order valence-corrected chi connectivity index (χ4v) is 2.28. The minimum atomic E-state index is 0.912. The normalized spacial score (nSPS) is 16.7. The summed E-state index contributed by atoms with van der Waals surface area (Å²) in [4.78, 5) is 7.01. The second-order valence-corrected chi connectivity index (χ2v) is 4.99. The van der Waals surface area contributed by atoms with Gasteiger partial charge in [0.15, 0.2) is 0 Å². The molecule has 3 nitrogen and oxygen atoms in total. The highest BCUT2D eigenvalue weighted by atomic mass is 15.1. The second-order valence-electron chi connectivity index (χ2n) is 4.99. The fraction of sp³-hybridized carbons (Fsp3) is 0.533. The fourth-order valence-electron chi connectivity index (χ4n) is 2.28. The molecule has 0 fully saturated rings. The van der Waals surface area contributed by atoms with Gasteiger partial charge in [0.1, 0.15) is 0 Å². The molecular weight excluding hydrogens is 222 g/mol. The molecule has 1 aliphatic heterocycles. The lowest BCUT2D eigenvalue weighted by Gasteiger charge is -2.25. The Kier molecular flexibility index (Phi) is 4.90. The van der Waals surface area contributed by atoms with E-state index in [0.717, 1.165) is 32.7 Å². The molecule has 0 radical (unpaired) electrons. The Bertz CT molecular complexity index is 395. The molecule has 1 aliphatic rings. The van der Waals surface area contributed by atoms with Crippen LogP contribution >= 0.6 is 0 Å². The maximum absolute atomic E-state index is 4.55. The van der Waals surface area contributed by atoms with Crippen LogP contribution in [0, 0.1) is 0 Å². The van der Waals surface area contributed by atoms with Crippen LogP contribution in [0.4, 0.5) is 0 Å². The molecule has 0 spiro atoms. The molecule has 1 N–H and O–H groups in total. The number of pyridine rings is 1. The van der Waals surface area contributed by atoms with E-state index in [1.54, 1.807) is 0 Å². The summed E-state index contributed by atoms with van der Waals surface area (Å²) in [5.41, 5.74) is 3.91. The van der Waals surface area contributed by atoms with Crippen molar-refractivity contribution in [3.05, 3.63) is 41.2 Å². The van der Waals surface area contributed by atoms with E-state index in [2.05, 4.69) is 47.3 Å². The summed E-state index contributed by atoms with van der Waals surface area (Å²) in [6.45, 7) is 9.44. The first-order chi connectivity index (χ1) is 8.78. The molecule has 0 saturated carbocycles. The van der Waals surface area contributed by atoms with E-state index >= 15 is 0 Å². The van der Waals surface area contributed by atoms with Gasteiger partial charge in [-0.05, 0) is 31.5 Å². The Labute approximate surface area is 110 Å². The number of nitrogens with one attached hydrogen (secondary N) is 1. The Morgan fingerprint density at radius 1 is 1.39 bits per heavy atom. The van der Waals surface area contributed by atoms with Gasteiger partial charge in [0.25, 0.3) is 0 Å². The first-order valence-corrected chi connectivity index (χ1v) is 6.80. The maximum atomic E-state index is 4.55. The monoisotopic (exact) mass is 245 g/mol. The average Bonchev–Trinajstić information content (AvgIpc) is 2.38. The van der Waals surface area contributed by atoms with Gasteiger partial charge in [0, 0.05) is 32.4 Å². The second kappa shape index (κ2) is 6.66. The number of rotatable bonds is 5. The third-order valence-electron chi connectivity index (χ3n) is 3.26. The Hall–Kier alpha value is -1.19. The molecule has 0 aliphatic carbocycles. The summed E-state index contributed by atoms with van der Waals surface area (Å²) in [7, 11) is 0. The largest absolute Gasteiger partial charge is 0.313 e. The molecule has 98 valence electrons. The maximum Gasteiger partial charge on any atom is 0.0544 e. The molecule has 3 heteroatoms.